The maximum Gasteiger partial charge on any atom is 0.387 e. The summed E-state index contributed by atoms with van der Waals surface area (Å²) in [7, 11) is 0. The van der Waals surface area contributed by atoms with Crippen molar-refractivity contribution in [3.05, 3.63) is 39.2 Å². The van der Waals surface area contributed by atoms with Crippen LogP contribution in [0.5, 0.6) is 5.75 Å². The van der Waals surface area contributed by atoms with E-state index >= 15 is 0 Å². The maximum absolute atomic E-state index is 12.3. The lowest BCUT2D eigenvalue weighted by atomic mass is 10.2. The van der Waals surface area contributed by atoms with Crippen LogP contribution in [0.2, 0.25) is 0 Å². The lowest BCUT2D eigenvalue weighted by Crippen LogP contribution is -2.15. The van der Waals surface area contributed by atoms with E-state index in [0.717, 1.165) is 5.56 Å². The minimum Gasteiger partial charge on any atom is -0.433 e. The zero-order valence-corrected chi connectivity index (χ0v) is 12.4. The second kappa shape index (κ2) is 6.16. The Hall–Kier alpha value is -1.71. The first-order valence-electron chi connectivity index (χ1n) is 5.53. The van der Waals surface area contributed by atoms with Crippen LogP contribution in [-0.2, 0) is 0 Å². The number of aromatic amines is 1. The second-order valence-corrected chi connectivity index (χ2v) is 5.09. The summed E-state index contributed by atoms with van der Waals surface area (Å²) in [6.45, 7) is -1.18. The van der Waals surface area contributed by atoms with Crippen molar-refractivity contribution in [2.75, 3.05) is 5.32 Å². The number of anilines is 1. The number of H-pyrrole nitrogens is 1. The van der Waals surface area contributed by atoms with Gasteiger partial charge in [-0.1, -0.05) is 6.07 Å². The Bertz CT molecular complexity index is 631. The fraction of sp³-hybridized carbons (Fsp3) is 0.167. The number of alkyl halides is 2. The molecule has 0 bridgehead atoms. The van der Waals surface area contributed by atoms with Crippen LogP contribution < -0.4 is 10.1 Å². The third-order valence-electron chi connectivity index (χ3n) is 2.42. The van der Waals surface area contributed by atoms with Crippen LogP contribution in [0.25, 0.3) is 0 Å². The van der Waals surface area contributed by atoms with Gasteiger partial charge in [-0.15, -0.1) is 0 Å². The molecular weight excluding hydrogens is 383 g/mol. The molecule has 1 aromatic carbocycles. The van der Waals surface area contributed by atoms with Crippen LogP contribution >= 0.6 is 22.6 Å². The predicted octanol–water partition coefficient (Wildman–Crippen LogP) is 3.18. The van der Waals surface area contributed by atoms with E-state index in [9.17, 15) is 13.6 Å². The minimum atomic E-state index is -2.96. The highest BCUT2D eigenvalue weighted by Crippen LogP contribution is 2.27. The van der Waals surface area contributed by atoms with E-state index < -0.39 is 12.5 Å². The molecule has 0 radical (unpaired) electrons. The van der Waals surface area contributed by atoms with Crippen LogP contribution in [0.3, 0.4) is 0 Å². The number of rotatable bonds is 4. The van der Waals surface area contributed by atoms with Gasteiger partial charge in [-0.2, -0.15) is 13.9 Å². The number of benzene rings is 1. The standard InChI is InChI=1S/C12H10F2IN3O2/c1-6-2-3-9(20-12(13)14)8(4-6)17-11(19)10-7(15)5-16-18-10/h2-5,12H,1H3,(H,16,18)(H,17,19). The number of amides is 1. The van der Waals surface area contributed by atoms with Crippen molar-refractivity contribution < 1.29 is 18.3 Å². The highest BCUT2D eigenvalue weighted by Gasteiger charge is 2.16. The summed E-state index contributed by atoms with van der Waals surface area (Å²) in [5.41, 5.74) is 1.25. The van der Waals surface area contributed by atoms with Crippen LogP contribution in [0.1, 0.15) is 16.1 Å². The van der Waals surface area contributed by atoms with E-state index in [2.05, 4.69) is 20.3 Å². The molecule has 1 amide bonds. The van der Waals surface area contributed by atoms with Crippen LogP contribution in [0, 0.1) is 10.5 Å². The molecule has 0 fully saturated rings. The SMILES string of the molecule is Cc1ccc(OC(F)F)c(NC(=O)c2[nH]ncc2I)c1. The van der Waals surface area contributed by atoms with Gasteiger partial charge in [0.15, 0.2) is 0 Å². The lowest BCUT2D eigenvalue weighted by Gasteiger charge is -2.12. The van der Waals surface area contributed by atoms with Gasteiger partial charge >= 0.3 is 6.61 Å². The average molecular weight is 393 g/mol. The molecule has 8 heteroatoms. The summed E-state index contributed by atoms with van der Waals surface area (Å²) in [6, 6.07) is 4.56. The normalized spacial score (nSPS) is 10.7. The number of nitrogens with one attached hydrogen (secondary N) is 2. The number of hydrogen-bond donors (Lipinski definition) is 2. The first-order valence-corrected chi connectivity index (χ1v) is 6.61. The highest BCUT2D eigenvalue weighted by molar-refractivity contribution is 14.1. The van der Waals surface area contributed by atoms with Gasteiger partial charge in [-0.25, -0.2) is 0 Å². The van der Waals surface area contributed by atoms with Crippen LogP contribution in [-0.4, -0.2) is 22.7 Å². The summed E-state index contributed by atoms with van der Waals surface area (Å²) in [5, 5.41) is 8.80. The molecule has 0 saturated carbocycles. The quantitative estimate of drug-likeness (QED) is 0.785. The zero-order valence-electron chi connectivity index (χ0n) is 10.3. The van der Waals surface area contributed by atoms with E-state index in [1.165, 1.54) is 12.3 Å². The molecule has 2 N–H and O–H groups in total. The van der Waals surface area contributed by atoms with Crippen molar-refractivity contribution in [3.8, 4) is 5.75 Å². The minimum absolute atomic E-state index is 0.0894. The number of carbonyl (C=O) groups excluding carboxylic acids is 1. The number of halogens is 3. The van der Waals surface area contributed by atoms with Crippen molar-refractivity contribution in [2.24, 2.45) is 0 Å². The summed E-state index contributed by atoms with van der Waals surface area (Å²) in [6.07, 6.45) is 1.49. The Morgan fingerprint density at radius 2 is 2.25 bits per heavy atom. The van der Waals surface area contributed by atoms with Gasteiger partial charge in [0.1, 0.15) is 11.4 Å². The highest BCUT2D eigenvalue weighted by atomic mass is 127. The number of hydrogen-bond acceptors (Lipinski definition) is 3. The van der Waals surface area contributed by atoms with Crippen molar-refractivity contribution in [2.45, 2.75) is 13.5 Å². The average Bonchev–Trinajstić information content (AvgIpc) is 2.78. The third kappa shape index (κ3) is 3.44. The van der Waals surface area contributed by atoms with Gasteiger partial charge in [0.2, 0.25) is 0 Å². The fourth-order valence-electron chi connectivity index (χ4n) is 1.56. The van der Waals surface area contributed by atoms with E-state index in [-0.39, 0.29) is 17.1 Å². The molecule has 20 heavy (non-hydrogen) atoms. The number of nitrogens with zero attached hydrogens (tertiary/aromatic N) is 1. The molecule has 0 atom stereocenters. The molecule has 0 unspecified atom stereocenters. The monoisotopic (exact) mass is 393 g/mol. The van der Waals surface area contributed by atoms with E-state index in [1.807, 2.05) is 22.6 Å². The Morgan fingerprint density at radius 1 is 1.50 bits per heavy atom. The van der Waals surface area contributed by atoms with Crippen molar-refractivity contribution in [1.29, 1.82) is 0 Å². The molecule has 1 heterocycles. The van der Waals surface area contributed by atoms with Crippen molar-refractivity contribution in [3.63, 3.8) is 0 Å². The fourth-order valence-corrected chi connectivity index (χ4v) is 2.06. The lowest BCUT2D eigenvalue weighted by molar-refractivity contribution is -0.0493. The molecular formula is C12H10F2IN3O2. The first kappa shape index (κ1) is 14.7. The van der Waals surface area contributed by atoms with Gasteiger partial charge in [-0.3, -0.25) is 9.89 Å². The molecule has 2 rings (SSSR count). The number of aryl methyl sites for hydroxylation is 1. The largest absolute Gasteiger partial charge is 0.433 e. The van der Waals surface area contributed by atoms with Gasteiger partial charge < -0.3 is 10.1 Å². The molecule has 0 aliphatic rings. The number of ether oxygens (including phenoxy) is 1. The molecule has 5 nitrogen and oxygen atoms in total. The summed E-state index contributed by atoms with van der Waals surface area (Å²) < 4.78 is 29.6. The molecule has 1 aromatic heterocycles. The molecule has 0 aliphatic heterocycles. The predicted molar refractivity (Wildman–Crippen MR) is 77.1 cm³/mol. The van der Waals surface area contributed by atoms with Crippen molar-refractivity contribution in [1.82, 2.24) is 10.2 Å². The van der Waals surface area contributed by atoms with E-state index in [1.54, 1.807) is 19.1 Å². The van der Waals surface area contributed by atoms with Crippen LogP contribution in [0.15, 0.2) is 24.4 Å². The molecule has 106 valence electrons. The molecule has 0 spiro atoms. The number of aromatic nitrogens is 2. The Labute approximate surface area is 126 Å². The van der Waals surface area contributed by atoms with Gasteiger partial charge in [0, 0.05) is 0 Å². The van der Waals surface area contributed by atoms with Gasteiger partial charge in [0.05, 0.1) is 15.5 Å². The second-order valence-electron chi connectivity index (χ2n) is 3.93. The maximum atomic E-state index is 12.3. The van der Waals surface area contributed by atoms with Gasteiger partial charge in [-0.05, 0) is 47.2 Å². The molecule has 0 aliphatic carbocycles. The molecule has 2 aromatic rings. The number of carbonyl (C=O) groups is 1. The Balaban J connectivity index is 2.26. The Kier molecular flexibility index (Phi) is 4.53. The first-order chi connectivity index (χ1) is 9.47. The molecule has 0 saturated heterocycles. The van der Waals surface area contributed by atoms with E-state index in [0.29, 0.717) is 3.57 Å². The van der Waals surface area contributed by atoms with Crippen LogP contribution in [0.4, 0.5) is 14.5 Å². The summed E-state index contributed by atoms with van der Waals surface area (Å²) >= 11 is 1.94. The van der Waals surface area contributed by atoms with Crippen molar-refractivity contribution >= 4 is 34.2 Å². The smallest absolute Gasteiger partial charge is 0.387 e. The third-order valence-corrected chi connectivity index (χ3v) is 3.24. The summed E-state index contributed by atoms with van der Waals surface area (Å²) in [5.74, 6) is -0.565. The zero-order chi connectivity index (χ0) is 14.7. The van der Waals surface area contributed by atoms with E-state index in [4.69, 9.17) is 0 Å². The topological polar surface area (TPSA) is 67.0 Å². The van der Waals surface area contributed by atoms with Gasteiger partial charge in [0.25, 0.3) is 5.91 Å². The summed E-state index contributed by atoms with van der Waals surface area (Å²) in [4.78, 5) is 12.0. The Morgan fingerprint density at radius 3 is 2.85 bits per heavy atom.